The molecule has 1 aliphatic rings. The molecule has 3 rings (SSSR count). The molecule has 1 atom stereocenters. The van der Waals surface area contributed by atoms with Gasteiger partial charge in [0.2, 0.25) is 0 Å². The van der Waals surface area contributed by atoms with E-state index in [1.54, 1.807) is 7.11 Å². The van der Waals surface area contributed by atoms with E-state index in [1.165, 1.54) is 12.8 Å². The van der Waals surface area contributed by atoms with Gasteiger partial charge in [-0.1, -0.05) is 48.5 Å². The fourth-order valence-corrected chi connectivity index (χ4v) is 3.05. The van der Waals surface area contributed by atoms with Crippen molar-refractivity contribution in [2.45, 2.75) is 38.1 Å². The molecule has 0 amide bonds. The maximum Gasteiger partial charge on any atom is 0.123 e. The van der Waals surface area contributed by atoms with Crippen molar-refractivity contribution in [3.63, 3.8) is 0 Å². The predicted molar refractivity (Wildman–Crippen MR) is 98.5 cm³/mol. The number of ether oxygens (including phenoxy) is 2. The Morgan fingerprint density at radius 1 is 1.08 bits per heavy atom. The lowest BCUT2D eigenvalue weighted by atomic mass is 10.1. The molecule has 25 heavy (non-hydrogen) atoms. The van der Waals surface area contributed by atoms with Crippen LogP contribution in [0.2, 0.25) is 0 Å². The van der Waals surface area contributed by atoms with Crippen LogP contribution in [0, 0.1) is 0 Å². The zero-order chi connectivity index (χ0) is 17.5. The molecule has 1 fully saturated rings. The molecule has 134 valence electrons. The summed E-state index contributed by atoms with van der Waals surface area (Å²) in [6.07, 6.45) is 1.92. The molecule has 2 aromatic carbocycles. The van der Waals surface area contributed by atoms with Gasteiger partial charge in [0.05, 0.1) is 26.4 Å². The zero-order valence-electron chi connectivity index (χ0n) is 14.8. The summed E-state index contributed by atoms with van der Waals surface area (Å²) in [6.45, 7) is 2.31. The molecule has 0 aromatic heterocycles. The van der Waals surface area contributed by atoms with Crippen molar-refractivity contribution in [1.29, 1.82) is 0 Å². The number of benzene rings is 2. The Bertz CT molecular complexity index is 643. The summed E-state index contributed by atoms with van der Waals surface area (Å²) in [5, 5.41) is 10.4. The summed E-state index contributed by atoms with van der Waals surface area (Å²) in [4.78, 5) is 2.34. The van der Waals surface area contributed by atoms with E-state index in [9.17, 15) is 5.11 Å². The first-order valence-electron chi connectivity index (χ1n) is 8.92. The molecule has 0 saturated heterocycles. The third kappa shape index (κ3) is 5.56. The minimum Gasteiger partial charge on any atom is -0.496 e. The van der Waals surface area contributed by atoms with Gasteiger partial charge >= 0.3 is 0 Å². The maximum atomic E-state index is 10.4. The van der Waals surface area contributed by atoms with E-state index in [2.05, 4.69) is 11.0 Å². The minimum atomic E-state index is -0.487. The van der Waals surface area contributed by atoms with Crippen molar-refractivity contribution in [2.24, 2.45) is 0 Å². The molecule has 0 spiro atoms. The van der Waals surface area contributed by atoms with Crippen LogP contribution in [0.5, 0.6) is 5.75 Å². The summed E-state index contributed by atoms with van der Waals surface area (Å²) in [5.74, 6) is 0.906. The monoisotopic (exact) mass is 341 g/mol. The van der Waals surface area contributed by atoms with E-state index in [4.69, 9.17) is 9.47 Å². The highest BCUT2D eigenvalue weighted by Crippen LogP contribution is 2.30. The quantitative estimate of drug-likeness (QED) is 0.720. The normalized spacial score (nSPS) is 15.3. The second-order valence-electron chi connectivity index (χ2n) is 6.63. The van der Waals surface area contributed by atoms with Gasteiger partial charge in [0.1, 0.15) is 5.75 Å². The van der Waals surface area contributed by atoms with Gasteiger partial charge in [-0.05, 0) is 24.5 Å². The average molecular weight is 341 g/mol. The molecule has 1 saturated carbocycles. The highest BCUT2D eigenvalue weighted by Gasteiger charge is 2.30. The van der Waals surface area contributed by atoms with Crippen LogP contribution in [0.15, 0.2) is 54.6 Å². The first-order valence-corrected chi connectivity index (χ1v) is 8.92. The van der Waals surface area contributed by atoms with E-state index in [1.807, 2.05) is 48.5 Å². The smallest absolute Gasteiger partial charge is 0.123 e. The number of hydrogen-bond acceptors (Lipinski definition) is 4. The molecule has 1 N–H and O–H groups in total. The van der Waals surface area contributed by atoms with Crippen molar-refractivity contribution < 1.29 is 14.6 Å². The number of nitrogens with zero attached hydrogens (tertiary/aromatic N) is 1. The van der Waals surface area contributed by atoms with Crippen LogP contribution in [-0.2, 0) is 17.9 Å². The Hall–Kier alpha value is -1.88. The van der Waals surface area contributed by atoms with Gasteiger partial charge < -0.3 is 14.6 Å². The van der Waals surface area contributed by atoms with Gasteiger partial charge in [0.25, 0.3) is 0 Å². The van der Waals surface area contributed by atoms with Gasteiger partial charge in [-0.3, -0.25) is 4.90 Å². The summed E-state index contributed by atoms with van der Waals surface area (Å²) in [5.41, 5.74) is 2.29. The number of aliphatic hydroxyl groups excluding tert-OH is 1. The van der Waals surface area contributed by atoms with Gasteiger partial charge in [-0.15, -0.1) is 0 Å². The van der Waals surface area contributed by atoms with Crippen LogP contribution in [0.25, 0.3) is 0 Å². The van der Waals surface area contributed by atoms with Gasteiger partial charge in [-0.2, -0.15) is 0 Å². The summed E-state index contributed by atoms with van der Waals surface area (Å²) >= 11 is 0. The van der Waals surface area contributed by atoms with Gasteiger partial charge in [0.15, 0.2) is 0 Å². The Labute approximate surface area is 150 Å². The predicted octanol–water partition coefficient (Wildman–Crippen LogP) is 3.24. The Morgan fingerprint density at radius 2 is 1.80 bits per heavy atom. The molecule has 2 aromatic rings. The number of hydrogen-bond donors (Lipinski definition) is 1. The number of aliphatic hydroxyl groups is 1. The van der Waals surface area contributed by atoms with Crippen LogP contribution < -0.4 is 4.74 Å². The number of rotatable bonds is 10. The minimum absolute atomic E-state index is 0.351. The summed E-state index contributed by atoms with van der Waals surface area (Å²) < 4.78 is 11.1. The van der Waals surface area contributed by atoms with Crippen LogP contribution in [0.3, 0.4) is 0 Å². The fraction of sp³-hybridized carbons (Fsp3) is 0.429. The molecule has 4 nitrogen and oxygen atoms in total. The van der Waals surface area contributed by atoms with Crippen LogP contribution in [-0.4, -0.2) is 42.4 Å². The fourth-order valence-electron chi connectivity index (χ4n) is 3.05. The molecular formula is C21H27NO3. The van der Waals surface area contributed by atoms with E-state index < -0.39 is 6.10 Å². The Kier molecular flexibility index (Phi) is 6.45. The number of methoxy groups -OCH3 is 1. The third-order valence-electron chi connectivity index (χ3n) is 4.50. The van der Waals surface area contributed by atoms with Gasteiger partial charge in [0, 0.05) is 24.7 Å². The summed E-state index contributed by atoms with van der Waals surface area (Å²) in [7, 11) is 1.70. The van der Waals surface area contributed by atoms with Crippen LogP contribution in [0.4, 0.5) is 0 Å². The van der Waals surface area contributed by atoms with Gasteiger partial charge in [-0.25, -0.2) is 0 Å². The standard InChI is InChI=1S/C21H27NO3/c1-24-21-10-6-5-9-18(21)13-22(19-11-12-19)14-20(23)16-25-15-17-7-3-2-4-8-17/h2-10,19-20,23H,11-16H2,1H3. The van der Waals surface area contributed by atoms with Crippen molar-refractivity contribution in [1.82, 2.24) is 4.90 Å². The second-order valence-corrected chi connectivity index (χ2v) is 6.63. The van der Waals surface area contributed by atoms with Crippen LogP contribution >= 0.6 is 0 Å². The lowest BCUT2D eigenvalue weighted by molar-refractivity contribution is 0.00695. The molecule has 1 unspecified atom stereocenters. The lowest BCUT2D eigenvalue weighted by Gasteiger charge is -2.25. The number of para-hydroxylation sites is 1. The molecule has 0 heterocycles. The Balaban J connectivity index is 1.49. The van der Waals surface area contributed by atoms with E-state index in [0.29, 0.717) is 25.8 Å². The van der Waals surface area contributed by atoms with E-state index in [0.717, 1.165) is 23.4 Å². The highest BCUT2D eigenvalue weighted by molar-refractivity contribution is 5.33. The maximum absolute atomic E-state index is 10.4. The molecule has 0 radical (unpaired) electrons. The molecular weight excluding hydrogens is 314 g/mol. The summed E-state index contributed by atoms with van der Waals surface area (Å²) in [6, 6.07) is 18.7. The molecule has 0 bridgehead atoms. The third-order valence-corrected chi connectivity index (χ3v) is 4.50. The molecule has 1 aliphatic carbocycles. The lowest BCUT2D eigenvalue weighted by Crippen LogP contribution is -2.36. The van der Waals surface area contributed by atoms with Crippen molar-refractivity contribution in [3.05, 3.63) is 65.7 Å². The molecule has 0 aliphatic heterocycles. The molecule has 4 heteroatoms. The highest BCUT2D eigenvalue weighted by atomic mass is 16.5. The second kappa shape index (κ2) is 8.99. The van der Waals surface area contributed by atoms with Crippen molar-refractivity contribution >= 4 is 0 Å². The topological polar surface area (TPSA) is 41.9 Å². The van der Waals surface area contributed by atoms with E-state index in [-0.39, 0.29) is 0 Å². The zero-order valence-corrected chi connectivity index (χ0v) is 14.8. The SMILES string of the molecule is COc1ccccc1CN(CC(O)COCc1ccccc1)C1CC1. The van der Waals surface area contributed by atoms with Crippen LogP contribution in [0.1, 0.15) is 24.0 Å². The van der Waals surface area contributed by atoms with E-state index >= 15 is 0 Å². The largest absolute Gasteiger partial charge is 0.496 e. The van der Waals surface area contributed by atoms with Crippen molar-refractivity contribution in [3.8, 4) is 5.75 Å². The first-order chi connectivity index (χ1) is 12.3. The average Bonchev–Trinajstić information content (AvgIpc) is 3.48. The van der Waals surface area contributed by atoms with Crippen molar-refractivity contribution in [2.75, 3.05) is 20.3 Å². The Morgan fingerprint density at radius 3 is 2.52 bits per heavy atom. The first kappa shape index (κ1) is 17.9.